The number of benzene rings is 1. The van der Waals surface area contributed by atoms with Crippen LogP contribution in [0.25, 0.3) is 0 Å². The average Bonchev–Trinajstić information content (AvgIpc) is 2.25. The van der Waals surface area contributed by atoms with Crippen LogP contribution < -0.4 is 5.32 Å². The zero-order valence-corrected chi connectivity index (χ0v) is 10.2. The lowest BCUT2D eigenvalue weighted by Gasteiger charge is -2.43. The molecule has 2 rings (SSSR count). The first-order valence-corrected chi connectivity index (χ1v) is 5.63. The van der Waals surface area contributed by atoms with E-state index in [9.17, 15) is 23.1 Å². The molecule has 2 N–H and O–H groups in total. The minimum Gasteiger partial charge on any atom is -0.386 e. The first-order valence-electron chi connectivity index (χ1n) is 5.63. The zero-order valence-electron chi connectivity index (χ0n) is 10.2. The van der Waals surface area contributed by atoms with Crippen LogP contribution in [-0.4, -0.2) is 34.7 Å². The van der Waals surface area contributed by atoms with E-state index in [1.165, 1.54) is 17.0 Å². The van der Waals surface area contributed by atoms with Crippen LogP contribution in [0.2, 0.25) is 0 Å². The van der Waals surface area contributed by atoms with Gasteiger partial charge in [-0.15, -0.1) is 0 Å². The number of β-amino-alcohol motifs (C(OH)–C–C–N with tert-alkyl or cyclic N) is 1. The molecule has 1 aromatic rings. The number of carbonyl (C=O) groups excluding carboxylic acids is 1. The fraction of sp³-hybridized carbons (Fsp3) is 0.417. The number of nitrogens with zero attached hydrogens (tertiary/aromatic N) is 1. The first-order chi connectivity index (χ1) is 8.67. The first kappa shape index (κ1) is 13.7. The summed E-state index contributed by atoms with van der Waals surface area (Å²) in [6, 6.07) is 3.89. The van der Waals surface area contributed by atoms with E-state index in [1.54, 1.807) is 6.92 Å². The summed E-state index contributed by atoms with van der Waals surface area (Å²) in [5, 5.41) is 11.8. The van der Waals surface area contributed by atoms with E-state index in [-0.39, 0.29) is 18.8 Å². The van der Waals surface area contributed by atoms with E-state index >= 15 is 0 Å². The van der Waals surface area contributed by atoms with Crippen molar-refractivity contribution < 1.29 is 23.1 Å². The van der Waals surface area contributed by atoms with Gasteiger partial charge in [-0.1, -0.05) is 6.07 Å². The maximum absolute atomic E-state index is 12.5. The number of hydrogen-bond acceptors (Lipinski definition) is 2. The molecule has 0 atom stereocenters. The van der Waals surface area contributed by atoms with Gasteiger partial charge in [-0.3, -0.25) is 0 Å². The lowest BCUT2D eigenvalue weighted by Crippen LogP contribution is -2.62. The molecule has 1 aliphatic rings. The van der Waals surface area contributed by atoms with Gasteiger partial charge in [0.25, 0.3) is 0 Å². The highest BCUT2D eigenvalue weighted by Crippen LogP contribution is 2.31. The van der Waals surface area contributed by atoms with Crippen molar-refractivity contribution >= 4 is 11.7 Å². The van der Waals surface area contributed by atoms with Gasteiger partial charge in [-0.25, -0.2) is 4.79 Å². The van der Waals surface area contributed by atoms with E-state index in [1.807, 2.05) is 0 Å². The molecule has 1 aromatic carbocycles. The van der Waals surface area contributed by atoms with Gasteiger partial charge in [0.1, 0.15) is 0 Å². The van der Waals surface area contributed by atoms with Crippen molar-refractivity contribution in [3.05, 3.63) is 29.8 Å². The van der Waals surface area contributed by atoms with Gasteiger partial charge in [0.05, 0.1) is 24.3 Å². The third-order valence-corrected chi connectivity index (χ3v) is 2.79. The minimum atomic E-state index is -4.44. The number of aliphatic hydroxyl groups is 1. The molecule has 0 aliphatic carbocycles. The van der Waals surface area contributed by atoms with E-state index in [0.717, 1.165) is 12.1 Å². The van der Waals surface area contributed by atoms with Crippen LogP contribution in [0, 0.1) is 0 Å². The van der Waals surface area contributed by atoms with Crippen LogP contribution >= 0.6 is 0 Å². The van der Waals surface area contributed by atoms with Crippen LogP contribution in [-0.2, 0) is 6.18 Å². The maximum atomic E-state index is 12.5. The Balaban J connectivity index is 2.02. The van der Waals surface area contributed by atoms with Crippen molar-refractivity contribution in [1.82, 2.24) is 4.90 Å². The number of carbonyl (C=O) groups is 1. The second-order valence-corrected chi connectivity index (χ2v) is 4.86. The van der Waals surface area contributed by atoms with E-state index in [0.29, 0.717) is 0 Å². The molecule has 0 unspecified atom stereocenters. The standard InChI is InChI=1S/C12H13F3N2O2/c1-11(19)6-17(7-11)10(18)16-9-4-2-3-8(5-9)12(13,14)15/h2-5,19H,6-7H2,1H3,(H,16,18). The number of halogens is 3. The number of urea groups is 1. The second kappa shape index (κ2) is 4.41. The molecule has 1 heterocycles. The van der Waals surface area contributed by atoms with Gasteiger partial charge in [-0.2, -0.15) is 13.2 Å². The summed E-state index contributed by atoms with van der Waals surface area (Å²) < 4.78 is 37.5. The number of anilines is 1. The molecule has 0 spiro atoms. The molecule has 0 saturated carbocycles. The van der Waals surface area contributed by atoms with Gasteiger partial charge in [0.2, 0.25) is 0 Å². The van der Waals surface area contributed by atoms with Crippen LogP contribution in [0.15, 0.2) is 24.3 Å². The molecule has 0 bridgehead atoms. The van der Waals surface area contributed by atoms with Crippen molar-refractivity contribution in [2.75, 3.05) is 18.4 Å². The van der Waals surface area contributed by atoms with Crippen molar-refractivity contribution in [3.63, 3.8) is 0 Å². The fourth-order valence-electron chi connectivity index (χ4n) is 1.90. The quantitative estimate of drug-likeness (QED) is 0.825. The highest BCUT2D eigenvalue weighted by Gasteiger charge is 2.39. The van der Waals surface area contributed by atoms with Crippen molar-refractivity contribution in [2.45, 2.75) is 18.7 Å². The van der Waals surface area contributed by atoms with Crippen LogP contribution in [0.4, 0.5) is 23.7 Å². The Morgan fingerprint density at radius 2 is 2.05 bits per heavy atom. The summed E-state index contributed by atoms with van der Waals surface area (Å²) >= 11 is 0. The Morgan fingerprint density at radius 3 is 2.58 bits per heavy atom. The van der Waals surface area contributed by atoms with Crippen LogP contribution in [0.1, 0.15) is 12.5 Å². The van der Waals surface area contributed by atoms with E-state index in [4.69, 9.17) is 0 Å². The van der Waals surface area contributed by atoms with Crippen LogP contribution in [0.3, 0.4) is 0 Å². The highest BCUT2D eigenvalue weighted by atomic mass is 19.4. The monoisotopic (exact) mass is 274 g/mol. The van der Waals surface area contributed by atoms with Crippen molar-refractivity contribution in [1.29, 1.82) is 0 Å². The Bertz CT molecular complexity index is 492. The molecule has 19 heavy (non-hydrogen) atoms. The van der Waals surface area contributed by atoms with Crippen molar-refractivity contribution in [2.24, 2.45) is 0 Å². The maximum Gasteiger partial charge on any atom is 0.416 e. The predicted octanol–water partition coefficient (Wildman–Crippen LogP) is 2.30. The molecule has 1 fully saturated rings. The Hall–Kier alpha value is -1.76. The minimum absolute atomic E-state index is 0.0753. The summed E-state index contributed by atoms with van der Waals surface area (Å²) in [6.07, 6.45) is -4.44. The van der Waals surface area contributed by atoms with E-state index < -0.39 is 23.4 Å². The Morgan fingerprint density at radius 1 is 1.42 bits per heavy atom. The summed E-state index contributed by atoms with van der Waals surface area (Å²) in [5.41, 5.74) is -1.65. The summed E-state index contributed by atoms with van der Waals surface area (Å²) in [5.74, 6) is 0. The summed E-state index contributed by atoms with van der Waals surface area (Å²) in [4.78, 5) is 13.0. The number of amides is 2. The highest BCUT2D eigenvalue weighted by molar-refractivity contribution is 5.90. The van der Waals surface area contributed by atoms with Crippen LogP contribution in [0.5, 0.6) is 0 Å². The van der Waals surface area contributed by atoms with E-state index in [2.05, 4.69) is 5.32 Å². The SMILES string of the molecule is CC1(O)CN(C(=O)Nc2cccc(C(F)(F)F)c2)C1. The molecule has 4 nitrogen and oxygen atoms in total. The molecule has 1 saturated heterocycles. The summed E-state index contributed by atoms with van der Waals surface area (Å²) in [6.45, 7) is 1.91. The molecule has 0 radical (unpaired) electrons. The Labute approximate surface area is 107 Å². The number of nitrogens with one attached hydrogen (secondary N) is 1. The molecule has 1 aliphatic heterocycles. The average molecular weight is 274 g/mol. The fourth-order valence-corrected chi connectivity index (χ4v) is 1.90. The molecule has 7 heteroatoms. The van der Waals surface area contributed by atoms with Gasteiger partial charge in [0, 0.05) is 5.69 Å². The molecule has 0 aromatic heterocycles. The molecule has 104 valence electrons. The lowest BCUT2D eigenvalue weighted by molar-refractivity contribution is -0.137. The van der Waals surface area contributed by atoms with Gasteiger partial charge < -0.3 is 15.3 Å². The smallest absolute Gasteiger partial charge is 0.386 e. The normalized spacial score (nSPS) is 17.8. The Kier molecular flexibility index (Phi) is 3.17. The van der Waals surface area contributed by atoms with Gasteiger partial charge in [0.15, 0.2) is 0 Å². The third kappa shape index (κ3) is 3.17. The number of likely N-dealkylation sites (tertiary alicyclic amines) is 1. The predicted molar refractivity (Wildman–Crippen MR) is 62.7 cm³/mol. The summed E-state index contributed by atoms with van der Waals surface area (Å²) in [7, 11) is 0. The number of rotatable bonds is 1. The molecule has 2 amide bonds. The van der Waals surface area contributed by atoms with Gasteiger partial charge >= 0.3 is 12.2 Å². The number of alkyl halides is 3. The molecular weight excluding hydrogens is 261 g/mol. The second-order valence-electron chi connectivity index (χ2n) is 4.86. The number of hydrogen-bond donors (Lipinski definition) is 2. The topological polar surface area (TPSA) is 52.6 Å². The largest absolute Gasteiger partial charge is 0.416 e. The molecular formula is C12H13F3N2O2. The third-order valence-electron chi connectivity index (χ3n) is 2.79. The zero-order chi connectivity index (χ0) is 14.3. The van der Waals surface area contributed by atoms with Crippen molar-refractivity contribution in [3.8, 4) is 0 Å². The lowest BCUT2D eigenvalue weighted by atomic mass is 9.98. The van der Waals surface area contributed by atoms with Gasteiger partial charge in [-0.05, 0) is 25.1 Å².